The van der Waals surface area contributed by atoms with Gasteiger partial charge in [0, 0.05) is 0 Å². The number of carbonyl (C=O) groups is 1. The van der Waals surface area contributed by atoms with Crippen LogP contribution in [0.3, 0.4) is 0 Å². The molecule has 2 nitrogen and oxygen atoms in total. The normalized spacial score (nSPS) is 82.0. The minimum absolute atomic E-state index is 0.0898. The zero-order valence-corrected chi connectivity index (χ0v) is 7.78. The number of hydrogen-bond donors (Lipinski definition) is 0. The zero-order valence-electron chi connectivity index (χ0n) is 7.78. The van der Waals surface area contributed by atoms with Crippen molar-refractivity contribution in [3.63, 3.8) is 0 Å². The molecule has 0 aliphatic heterocycles. The van der Waals surface area contributed by atoms with Crippen molar-refractivity contribution in [3.8, 4) is 0 Å². The van der Waals surface area contributed by atoms with Crippen LogP contribution in [0, 0.1) is 46.3 Å². The molecule has 0 bridgehead atoms. The van der Waals surface area contributed by atoms with Gasteiger partial charge >= 0.3 is 5.97 Å². The van der Waals surface area contributed by atoms with Crippen molar-refractivity contribution in [2.24, 2.45) is 46.3 Å². The van der Waals surface area contributed by atoms with Gasteiger partial charge in [0.2, 0.25) is 0 Å². The highest BCUT2D eigenvalue weighted by Crippen LogP contribution is 3.10. The standard InChI is InChI=1S/C11H12O2/c1-10-3-6-4(10)8-5(10)7(3)11(6,8)9(12)13-2/h3-8H,1-2H3. The topological polar surface area (TPSA) is 26.3 Å². The Kier molecular flexibility index (Phi) is 0.522. The van der Waals surface area contributed by atoms with Crippen molar-refractivity contribution in [2.45, 2.75) is 6.92 Å². The van der Waals surface area contributed by atoms with Gasteiger partial charge in [-0.25, -0.2) is 0 Å². The third-order valence-corrected chi connectivity index (χ3v) is 6.67. The Bertz CT molecular complexity index is 330. The highest BCUT2D eigenvalue weighted by atomic mass is 16.5. The summed E-state index contributed by atoms with van der Waals surface area (Å²) in [5.41, 5.74) is 0.808. The first-order valence-electron chi connectivity index (χ1n) is 5.30. The lowest BCUT2D eigenvalue weighted by molar-refractivity contribution is -0.639. The molecule has 0 unspecified atom stereocenters. The summed E-state index contributed by atoms with van der Waals surface area (Å²) in [7, 11) is 1.55. The van der Waals surface area contributed by atoms with Crippen LogP contribution in [-0.2, 0) is 9.53 Å². The lowest BCUT2D eigenvalue weighted by Gasteiger charge is -3.10. The van der Waals surface area contributed by atoms with E-state index in [2.05, 4.69) is 6.92 Å². The van der Waals surface area contributed by atoms with Crippen LogP contribution in [0.4, 0.5) is 0 Å². The summed E-state index contributed by atoms with van der Waals surface area (Å²) in [6, 6.07) is 0. The van der Waals surface area contributed by atoms with Crippen LogP contribution in [0.2, 0.25) is 0 Å². The van der Waals surface area contributed by atoms with Gasteiger partial charge < -0.3 is 4.74 Å². The van der Waals surface area contributed by atoms with Crippen LogP contribution in [-0.4, -0.2) is 13.1 Å². The number of ether oxygens (including phenoxy) is 1. The Balaban J connectivity index is 1.65. The van der Waals surface area contributed by atoms with Crippen molar-refractivity contribution < 1.29 is 9.53 Å². The highest BCUT2D eigenvalue weighted by Gasteiger charge is 3.10. The molecule has 2 heteroatoms. The summed E-state index contributed by atoms with van der Waals surface area (Å²) >= 11 is 0. The molecule has 6 fully saturated rings. The van der Waals surface area contributed by atoms with E-state index in [1.807, 2.05) is 0 Å². The maximum absolute atomic E-state index is 11.7. The molecule has 0 saturated heterocycles. The smallest absolute Gasteiger partial charge is 0.312 e. The van der Waals surface area contributed by atoms with Crippen LogP contribution >= 0.6 is 0 Å². The van der Waals surface area contributed by atoms with Crippen LogP contribution < -0.4 is 0 Å². The Morgan fingerprint density at radius 3 is 1.92 bits per heavy atom. The van der Waals surface area contributed by atoms with E-state index in [1.165, 1.54) is 0 Å². The van der Waals surface area contributed by atoms with Gasteiger partial charge in [0.05, 0.1) is 12.5 Å². The minimum Gasteiger partial charge on any atom is -0.469 e. The van der Waals surface area contributed by atoms with Gasteiger partial charge in [0.15, 0.2) is 0 Å². The molecule has 0 heterocycles. The molecule has 0 spiro atoms. The first-order chi connectivity index (χ1) is 6.21. The molecular formula is C11H12O2. The molecule has 13 heavy (non-hydrogen) atoms. The third-order valence-electron chi connectivity index (χ3n) is 6.67. The second-order valence-electron chi connectivity index (χ2n) is 5.95. The minimum atomic E-state index is 0.0898. The fourth-order valence-corrected chi connectivity index (χ4v) is 6.65. The van der Waals surface area contributed by atoms with E-state index in [0.717, 1.165) is 40.9 Å². The van der Waals surface area contributed by atoms with E-state index in [-0.39, 0.29) is 11.4 Å². The van der Waals surface area contributed by atoms with E-state index in [0.29, 0.717) is 0 Å². The Hall–Kier alpha value is -0.530. The summed E-state index contributed by atoms with van der Waals surface area (Å²) in [6.07, 6.45) is 0. The quantitative estimate of drug-likeness (QED) is 0.555. The molecule has 0 aromatic heterocycles. The van der Waals surface area contributed by atoms with E-state index in [4.69, 9.17) is 4.74 Å². The SMILES string of the molecule is COC(=O)C12C3C4C1C1C2C3C41C. The molecule has 68 valence electrons. The van der Waals surface area contributed by atoms with Gasteiger partial charge in [-0.05, 0) is 40.9 Å². The lowest BCUT2D eigenvalue weighted by Crippen LogP contribution is -3.10. The molecule has 0 amide bonds. The maximum atomic E-state index is 11.7. The first-order valence-corrected chi connectivity index (χ1v) is 5.30. The molecule has 0 radical (unpaired) electrons. The predicted octanol–water partition coefficient (Wildman–Crippen LogP) is 0.917. The van der Waals surface area contributed by atoms with E-state index in [9.17, 15) is 4.79 Å². The predicted molar refractivity (Wildman–Crippen MR) is 43.5 cm³/mol. The van der Waals surface area contributed by atoms with Crippen molar-refractivity contribution in [1.82, 2.24) is 0 Å². The largest absolute Gasteiger partial charge is 0.469 e. The second kappa shape index (κ2) is 1.12. The number of rotatable bonds is 1. The van der Waals surface area contributed by atoms with Crippen molar-refractivity contribution in [1.29, 1.82) is 0 Å². The van der Waals surface area contributed by atoms with Crippen LogP contribution in [0.25, 0.3) is 0 Å². The number of hydrogen-bond acceptors (Lipinski definition) is 2. The fourth-order valence-electron chi connectivity index (χ4n) is 6.65. The summed E-state index contributed by atoms with van der Waals surface area (Å²) in [5, 5.41) is 0. The lowest BCUT2D eigenvalue weighted by atomic mass is 8.92. The zero-order chi connectivity index (χ0) is 8.75. The number of methoxy groups -OCH3 is 1. The number of esters is 1. The van der Waals surface area contributed by atoms with Gasteiger partial charge in [-0.3, -0.25) is 4.79 Å². The van der Waals surface area contributed by atoms with Gasteiger partial charge in [0.1, 0.15) is 0 Å². The summed E-state index contributed by atoms with van der Waals surface area (Å²) in [5.74, 6) is 5.24. The molecule has 0 atom stereocenters. The molecule has 6 saturated carbocycles. The number of carbonyl (C=O) groups excluding carboxylic acids is 1. The van der Waals surface area contributed by atoms with E-state index >= 15 is 0 Å². The summed E-state index contributed by atoms with van der Waals surface area (Å²) in [6.45, 7) is 2.44. The molecule has 6 aliphatic carbocycles. The molecule has 0 aromatic carbocycles. The van der Waals surface area contributed by atoms with E-state index < -0.39 is 0 Å². The molecular weight excluding hydrogens is 164 g/mol. The molecule has 0 N–H and O–H groups in total. The van der Waals surface area contributed by atoms with Gasteiger partial charge in [-0.15, -0.1) is 0 Å². The van der Waals surface area contributed by atoms with Gasteiger partial charge in [-0.1, -0.05) is 6.92 Å². The van der Waals surface area contributed by atoms with Gasteiger partial charge in [0.25, 0.3) is 0 Å². The maximum Gasteiger partial charge on any atom is 0.312 e. The molecule has 0 aromatic rings. The molecule has 6 aliphatic rings. The fraction of sp³-hybridized carbons (Fsp3) is 0.909. The average Bonchev–Trinajstić information content (AvgIpc) is 2.18. The summed E-state index contributed by atoms with van der Waals surface area (Å²) < 4.78 is 4.95. The van der Waals surface area contributed by atoms with Gasteiger partial charge in [-0.2, -0.15) is 0 Å². The Morgan fingerprint density at radius 1 is 1.08 bits per heavy atom. The monoisotopic (exact) mass is 176 g/mol. The average molecular weight is 176 g/mol. The first kappa shape index (κ1) is 6.05. The Morgan fingerprint density at radius 2 is 1.54 bits per heavy atom. The Labute approximate surface area is 76.6 Å². The molecule has 6 rings (SSSR count). The second-order valence-corrected chi connectivity index (χ2v) is 5.95. The van der Waals surface area contributed by atoms with Crippen molar-refractivity contribution >= 4 is 5.97 Å². The third kappa shape index (κ3) is 0.226. The summed E-state index contributed by atoms with van der Waals surface area (Å²) in [4.78, 5) is 11.7. The van der Waals surface area contributed by atoms with Crippen LogP contribution in [0.1, 0.15) is 6.92 Å². The van der Waals surface area contributed by atoms with Crippen LogP contribution in [0.5, 0.6) is 0 Å². The van der Waals surface area contributed by atoms with E-state index in [1.54, 1.807) is 7.11 Å². The van der Waals surface area contributed by atoms with Crippen molar-refractivity contribution in [2.75, 3.05) is 7.11 Å². The van der Waals surface area contributed by atoms with Crippen molar-refractivity contribution in [3.05, 3.63) is 0 Å². The highest BCUT2D eigenvalue weighted by molar-refractivity contribution is 5.88. The van der Waals surface area contributed by atoms with Crippen LogP contribution in [0.15, 0.2) is 0 Å².